The van der Waals surface area contributed by atoms with Crippen molar-refractivity contribution >= 4 is 11.9 Å². The predicted molar refractivity (Wildman–Crippen MR) is 123 cm³/mol. The van der Waals surface area contributed by atoms with Crippen LogP contribution in [0.4, 0.5) is 0 Å². The van der Waals surface area contributed by atoms with Crippen LogP contribution in [-0.4, -0.2) is 47.6 Å². The van der Waals surface area contributed by atoms with E-state index in [2.05, 4.69) is 29.0 Å². The molecule has 0 bridgehead atoms. The first-order valence-corrected chi connectivity index (χ1v) is 10.9. The minimum absolute atomic E-state index is 0.171. The second-order valence-electron chi connectivity index (χ2n) is 6.94. The Balaban J connectivity index is 3.67. The van der Waals surface area contributed by atoms with Gasteiger partial charge in [-0.15, -0.1) is 0 Å². The molecule has 6 heteroatoms. The summed E-state index contributed by atoms with van der Waals surface area (Å²) in [5.41, 5.74) is 0. The number of carbonyl (C=O) groups excluding carboxylic acids is 2. The minimum atomic E-state index is -0.994. The van der Waals surface area contributed by atoms with Crippen molar-refractivity contribution in [1.29, 1.82) is 0 Å². The molecule has 0 spiro atoms. The number of allylic oxidation sites excluding steroid dienone is 8. The van der Waals surface area contributed by atoms with E-state index in [1.165, 1.54) is 6.92 Å². The van der Waals surface area contributed by atoms with Gasteiger partial charge in [0.25, 0.3) is 0 Å². The van der Waals surface area contributed by atoms with Crippen LogP contribution in [0.2, 0.25) is 0 Å². The van der Waals surface area contributed by atoms with E-state index in [4.69, 9.17) is 4.74 Å². The van der Waals surface area contributed by atoms with Gasteiger partial charge in [-0.3, -0.25) is 9.59 Å². The molecule has 0 amide bonds. The Morgan fingerprint density at radius 2 is 1.52 bits per heavy atom. The third kappa shape index (κ3) is 22.1. The fourth-order valence-corrected chi connectivity index (χ4v) is 2.28. The lowest BCUT2D eigenvalue weighted by Crippen LogP contribution is -2.24. The van der Waals surface area contributed by atoms with Crippen molar-refractivity contribution in [2.24, 2.45) is 0 Å². The average Bonchev–Trinajstić information content (AvgIpc) is 2.74. The van der Waals surface area contributed by atoms with E-state index in [0.29, 0.717) is 12.8 Å². The Hall–Kier alpha value is -2.44. The Morgan fingerprint density at radius 1 is 0.871 bits per heavy atom. The van der Waals surface area contributed by atoms with Crippen LogP contribution in [0, 0.1) is 0 Å². The van der Waals surface area contributed by atoms with Crippen LogP contribution in [0.3, 0.4) is 0 Å². The highest BCUT2D eigenvalue weighted by molar-refractivity contribution is 5.69. The number of esters is 2. The molecule has 1 unspecified atom stereocenters. The van der Waals surface area contributed by atoms with Crippen molar-refractivity contribution in [2.75, 3.05) is 13.2 Å². The molecular formula is C25H38O6. The maximum absolute atomic E-state index is 11.6. The molecule has 0 aromatic rings. The van der Waals surface area contributed by atoms with Crippen LogP contribution in [0.5, 0.6) is 0 Å². The molecule has 174 valence electrons. The Labute approximate surface area is 186 Å². The van der Waals surface area contributed by atoms with Gasteiger partial charge in [0.05, 0.1) is 6.10 Å². The fraction of sp³-hybridized carbons (Fsp3) is 0.520. The quantitative estimate of drug-likeness (QED) is 0.153. The lowest BCUT2D eigenvalue weighted by atomic mass is 10.2. The molecular weight excluding hydrogens is 396 g/mol. The summed E-state index contributed by atoms with van der Waals surface area (Å²) in [6.07, 6.45) is 23.6. The van der Waals surface area contributed by atoms with Crippen molar-refractivity contribution in [3.8, 4) is 0 Å². The highest BCUT2D eigenvalue weighted by atomic mass is 16.6. The third-order valence-corrected chi connectivity index (χ3v) is 3.90. The van der Waals surface area contributed by atoms with E-state index < -0.39 is 18.2 Å². The van der Waals surface area contributed by atoms with Gasteiger partial charge in [-0.1, -0.05) is 67.7 Å². The molecule has 0 saturated heterocycles. The number of rotatable bonds is 17. The normalized spacial score (nSPS) is 14.3. The van der Waals surface area contributed by atoms with Crippen molar-refractivity contribution < 1.29 is 29.3 Å². The minimum Gasteiger partial charge on any atom is -0.463 e. The summed E-state index contributed by atoms with van der Waals surface area (Å²) in [5.74, 6) is -0.855. The van der Waals surface area contributed by atoms with Gasteiger partial charge in [-0.25, -0.2) is 0 Å². The highest BCUT2D eigenvalue weighted by Crippen LogP contribution is 2.02. The summed E-state index contributed by atoms with van der Waals surface area (Å²) in [6.45, 7) is 2.94. The summed E-state index contributed by atoms with van der Waals surface area (Å²) < 4.78 is 9.55. The molecule has 0 aliphatic carbocycles. The molecule has 0 saturated carbocycles. The van der Waals surface area contributed by atoms with Crippen molar-refractivity contribution in [2.45, 2.75) is 71.0 Å². The first-order chi connectivity index (χ1) is 15.0. The zero-order valence-electron chi connectivity index (χ0n) is 18.8. The van der Waals surface area contributed by atoms with Gasteiger partial charge in [0.1, 0.15) is 19.3 Å². The molecule has 0 fully saturated rings. The molecule has 0 aliphatic heterocycles. The number of carbonyl (C=O) groups is 2. The zero-order valence-corrected chi connectivity index (χ0v) is 18.8. The molecule has 6 nitrogen and oxygen atoms in total. The molecule has 0 rings (SSSR count). The van der Waals surface area contributed by atoms with Gasteiger partial charge in [0, 0.05) is 13.3 Å². The summed E-state index contributed by atoms with van der Waals surface area (Å²) in [5, 5.41) is 19.1. The number of hydrogen-bond acceptors (Lipinski definition) is 6. The Kier molecular flexibility index (Phi) is 19.2. The first kappa shape index (κ1) is 28.6. The number of aliphatic hydroxyl groups excluding tert-OH is 2. The van der Waals surface area contributed by atoms with Crippen LogP contribution >= 0.6 is 0 Å². The first-order valence-electron chi connectivity index (χ1n) is 10.9. The SMILES string of the molecule is CC/C=C\C(O)C/C=C/C=C\C/C=C\C/C=C\CCCC(=O)OC[C@@H](O)COC(C)=O. The van der Waals surface area contributed by atoms with E-state index in [0.717, 1.165) is 25.7 Å². The van der Waals surface area contributed by atoms with Crippen molar-refractivity contribution in [3.63, 3.8) is 0 Å². The number of ether oxygens (including phenoxy) is 2. The Bertz CT molecular complexity index is 616. The van der Waals surface area contributed by atoms with E-state index in [-0.39, 0.29) is 25.6 Å². The van der Waals surface area contributed by atoms with Gasteiger partial charge in [0.15, 0.2) is 0 Å². The summed E-state index contributed by atoms with van der Waals surface area (Å²) >= 11 is 0. The molecule has 31 heavy (non-hydrogen) atoms. The zero-order chi connectivity index (χ0) is 23.2. The van der Waals surface area contributed by atoms with Gasteiger partial charge in [-0.05, 0) is 38.5 Å². The molecule has 2 N–H and O–H groups in total. The number of hydrogen-bond donors (Lipinski definition) is 2. The third-order valence-electron chi connectivity index (χ3n) is 3.90. The van der Waals surface area contributed by atoms with Gasteiger partial charge >= 0.3 is 11.9 Å². The van der Waals surface area contributed by atoms with E-state index in [9.17, 15) is 19.8 Å². The van der Waals surface area contributed by atoms with E-state index in [1.54, 1.807) is 0 Å². The smallest absolute Gasteiger partial charge is 0.305 e. The molecule has 0 aromatic carbocycles. The van der Waals surface area contributed by atoms with Crippen LogP contribution in [-0.2, 0) is 19.1 Å². The number of unbranched alkanes of at least 4 members (excludes halogenated alkanes) is 1. The van der Waals surface area contributed by atoms with Crippen LogP contribution in [0.25, 0.3) is 0 Å². The summed E-state index contributed by atoms with van der Waals surface area (Å²) in [4.78, 5) is 22.2. The topological polar surface area (TPSA) is 93.1 Å². The molecule has 0 radical (unpaired) electrons. The lowest BCUT2D eigenvalue weighted by molar-refractivity contribution is -0.151. The monoisotopic (exact) mass is 434 g/mol. The standard InChI is InChI=1S/C25H38O6/c1-3-4-17-23(27)18-15-13-11-9-7-5-6-8-10-12-14-16-19-25(29)31-21-24(28)20-30-22(2)26/h4-6,9-13,15,17,23-24,27-28H,3,7-8,14,16,18-21H2,1-2H3/b6-5-,11-9-,12-10-,15-13+,17-4-/t23?,24-/m0/s1. The average molecular weight is 435 g/mol. The lowest BCUT2D eigenvalue weighted by Gasteiger charge is -2.10. The van der Waals surface area contributed by atoms with Crippen molar-refractivity contribution in [1.82, 2.24) is 0 Å². The van der Waals surface area contributed by atoms with Crippen LogP contribution in [0.15, 0.2) is 60.8 Å². The maximum Gasteiger partial charge on any atom is 0.305 e. The van der Waals surface area contributed by atoms with Crippen molar-refractivity contribution in [3.05, 3.63) is 60.8 Å². The predicted octanol–water partition coefficient (Wildman–Crippen LogP) is 4.35. The van der Waals surface area contributed by atoms with Gasteiger partial charge in [-0.2, -0.15) is 0 Å². The molecule has 0 aliphatic rings. The molecule has 0 aromatic heterocycles. The maximum atomic E-state index is 11.6. The second kappa shape index (κ2) is 20.8. The summed E-state index contributed by atoms with van der Waals surface area (Å²) in [7, 11) is 0. The number of aliphatic hydroxyl groups is 2. The van der Waals surface area contributed by atoms with Gasteiger partial charge in [0.2, 0.25) is 0 Å². The van der Waals surface area contributed by atoms with Gasteiger partial charge < -0.3 is 19.7 Å². The summed E-state index contributed by atoms with van der Waals surface area (Å²) in [6, 6.07) is 0. The molecule has 0 heterocycles. The van der Waals surface area contributed by atoms with E-state index >= 15 is 0 Å². The van der Waals surface area contributed by atoms with Crippen LogP contribution in [0.1, 0.15) is 58.8 Å². The van der Waals surface area contributed by atoms with E-state index in [1.807, 2.05) is 43.4 Å². The largest absolute Gasteiger partial charge is 0.463 e. The van der Waals surface area contributed by atoms with Crippen LogP contribution < -0.4 is 0 Å². The molecule has 2 atom stereocenters. The fourth-order valence-electron chi connectivity index (χ4n) is 2.28. The second-order valence-corrected chi connectivity index (χ2v) is 6.94. The highest BCUT2D eigenvalue weighted by Gasteiger charge is 2.09. The Morgan fingerprint density at radius 3 is 2.23 bits per heavy atom.